The summed E-state index contributed by atoms with van der Waals surface area (Å²) in [6.07, 6.45) is 17.8. The van der Waals surface area contributed by atoms with Gasteiger partial charge in [-0.05, 0) is 0 Å². The van der Waals surface area contributed by atoms with Gasteiger partial charge in [0.1, 0.15) is 0 Å². The number of allylic oxidation sites excluding steroid dienone is 6. The molecule has 0 radical (unpaired) electrons. The average molecular weight is 472 g/mol. The third-order valence-corrected chi connectivity index (χ3v) is 7.44. The van der Waals surface area contributed by atoms with Crippen LogP contribution >= 0.6 is 24.8 Å². The standard InChI is InChI=1S/C24H19.2ClH.Zr/c1-3-7-21-17(5-1)13-15-23(21)19-9-11-20(12-10-19)24-16-14-18-6-2-4-8-22(18)24;;;/h1-11,13-16,23-24H,12H2;2*1H;. The Balaban J connectivity index is 0.00000105. The van der Waals surface area contributed by atoms with Crippen molar-refractivity contribution in [2.24, 2.45) is 0 Å². The van der Waals surface area contributed by atoms with Crippen LogP contribution < -0.4 is 0 Å². The van der Waals surface area contributed by atoms with Gasteiger partial charge < -0.3 is 0 Å². The maximum absolute atomic E-state index is 2.49. The third kappa shape index (κ3) is 3.51. The van der Waals surface area contributed by atoms with Crippen molar-refractivity contribution in [3.05, 3.63) is 107 Å². The molecule has 0 saturated heterocycles. The van der Waals surface area contributed by atoms with Gasteiger partial charge in [0.15, 0.2) is 0 Å². The summed E-state index contributed by atoms with van der Waals surface area (Å²) in [6, 6.07) is 17.6. The van der Waals surface area contributed by atoms with Gasteiger partial charge in [-0.15, -0.1) is 24.8 Å². The molecular weight excluding hydrogens is 450 g/mol. The summed E-state index contributed by atoms with van der Waals surface area (Å²) in [4.78, 5) is 0. The van der Waals surface area contributed by atoms with E-state index in [9.17, 15) is 0 Å². The van der Waals surface area contributed by atoms with E-state index in [1.807, 2.05) is 0 Å². The molecule has 0 aromatic heterocycles. The quantitative estimate of drug-likeness (QED) is 0.441. The Labute approximate surface area is 188 Å². The number of halogens is 2. The molecule has 0 nitrogen and oxygen atoms in total. The number of benzene rings is 2. The molecule has 3 atom stereocenters. The van der Waals surface area contributed by atoms with Crippen molar-refractivity contribution in [3.63, 3.8) is 0 Å². The molecule has 27 heavy (non-hydrogen) atoms. The van der Waals surface area contributed by atoms with Crippen LogP contribution in [0.2, 0.25) is 3.12 Å². The van der Waals surface area contributed by atoms with Crippen molar-refractivity contribution in [2.45, 2.75) is 21.4 Å². The van der Waals surface area contributed by atoms with E-state index in [1.165, 1.54) is 27.8 Å². The summed E-state index contributed by atoms with van der Waals surface area (Å²) < 4.78 is 0.251. The molecule has 3 heteroatoms. The molecule has 3 aliphatic rings. The van der Waals surface area contributed by atoms with Gasteiger partial charge in [0.25, 0.3) is 0 Å². The Morgan fingerprint density at radius 1 is 0.778 bits per heavy atom. The van der Waals surface area contributed by atoms with E-state index in [4.69, 9.17) is 0 Å². The zero-order valence-electron chi connectivity index (χ0n) is 14.8. The van der Waals surface area contributed by atoms with E-state index in [2.05, 4.69) is 91.1 Å². The number of hydrogen-bond acceptors (Lipinski definition) is 0. The van der Waals surface area contributed by atoms with Crippen molar-refractivity contribution < 1.29 is 24.7 Å². The molecule has 2 aromatic carbocycles. The summed E-state index contributed by atoms with van der Waals surface area (Å²) in [5, 5.41) is 0. The molecule has 0 fully saturated rings. The topological polar surface area (TPSA) is 0 Å². The number of fused-ring (bicyclic) bond motifs is 2. The fourth-order valence-corrected chi connectivity index (χ4v) is 5.44. The molecule has 3 aliphatic carbocycles. The Kier molecular flexibility index (Phi) is 6.16. The van der Waals surface area contributed by atoms with Crippen LogP contribution in [0, 0.1) is 0 Å². The summed E-state index contributed by atoms with van der Waals surface area (Å²) in [7, 11) is 0. The van der Waals surface area contributed by atoms with Gasteiger partial charge in [-0.3, -0.25) is 0 Å². The van der Waals surface area contributed by atoms with E-state index in [0.717, 1.165) is 6.42 Å². The van der Waals surface area contributed by atoms with Gasteiger partial charge in [0, 0.05) is 0 Å². The first kappa shape index (κ1) is 20.6. The van der Waals surface area contributed by atoms with Gasteiger partial charge in [-0.25, -0.2) is 0 Å². The van der Waals surface area contributed by atoms with E-state index < -0.39 is 0 Å². The summed E-state index contributed by atoms with van der Waals surface area (Å²) in [5.74, 6) is 0.946. The monoisotopic (exact) mass is 469 g/mol. The molecule has 3 unspecified atom stereocenters. The first-order valence-electron chi connectivity index (χ1n) is 8.93. The van der Waals surface area contributed by atoms with Crippen molar-refractivity contribution in [2.75, 3.05) is 0 Å². The van der Waals surface area contributed by atoms with Crippen LogP contribution in [0.1, 0.15) is 40.5 Å². The molecule has 0 spiro atoms. The predicted molar refractivity (Wildman–Crippen MR) is 115 cm³/mol. The van der Waals surface area contributed by atoms with Gasteiger partial charge in [0.05, 0.1) is 0 Å². The summed E-state index contributed by atoms with van der Waals surface area (Å²) in [5.41, 5.74) is 7.15. The van der Waals surface area contributed by atoms with Crippen molar-refractivity contribution in [3.8, 4) is 0 Å². The first-order chi connectivity index (χ1) is 12.2. The van der Waals surface area contributed by atoms with Crippen LogP contribution in [0.25, 0.3) is 12.2 Å². The molecular formula is C24H21Cl2Zr. The van der Waals surface area contributed by atoms with E-state index in [0.29, 0.717) is 11.8 Å². The average Bonchev–Trinajstić information content (AvgIpc) is 3.27. The molecule has 0 aliphatic heterocycles. The Morgan fingerprint density at radius 2 is 1.41 bits per heavy atom. The molecule has 135 valence electrons. The second-order valence-corrected chi connectivity index (χ2v) is 9.50. The van der Waals surface area contributed by atoms with Crippen LogP contribution in [0.15, 0.2) is 84.5 Å². The normalized spacial score (nSPS) is 26.6. The minimum atomic E-state index is 0. The molecule has 0 heterocycles. The number of hydrogen-bond donors (Lipinski definition) is 0. The fourth-order valence-electron chi connectivity index (χ4n) is 4.37. The van der Waals surface area contributed by atoms with Crippen LogP contribution in [0.5, 0.6) is 0 Å². The van der Waals surface area contributed by atoms with Crippen molar-refractivity contribution >= 4 is 37.0 Å². The predicted octanol–water partition coefficient (Wildman–Crippen LogP) is 7.04. The third-order valence-electron chi connectivity index (χ3n) is 5.76. The van der Waals surface area contributed by atoms with E-state index in [1.54, 1.807) is 24.7 Å². The van der Waals surface area contributed by atoms with E-state index in [-0.39, 0.29) is 27.9 Å². The Morgan fingerprint density at radius 3 is 2.11 bits per heavy atom. The van der Waals surface area contributed by atoms with Gasteiger partial charge in [-0.1, -0.05) is 0 Å². The first-order valence-corrected chi connectivity index (χ1v) is 10.2. The molecule has 0 bridgehead atoms. The molecule has 0 amide bonds. The summed E-state index contributed by atoms with van der Waals surface area (Å²) in [6.45, 7) is 0. The van der Waals surface area contributed by atoms with Crippen LogP contribution in [0.3, 0.4) is 0 Å². The second-order valence-electron chi connectivity index (χ2n) is 7.21. The van der Waals surface area contributed by atoms with E-state index >= 15 is 0 Å². The van der Waals surface area contributed by atoms with Crippen LogP contribution in [-0.2, 0) is 24.7 Å². The molecule has 0 N–H and O–H groups in total. The maximum atomic E-state index is 2.49. The summed E-state index contributed by atoms with van der Waals surface area (Å²) >= 11 is 1.60. The van der Waals surface area contributed by atoms with Gasteiger partial charge in [-0.2, -0.15) is 0 Å². The second kappa shape index (κ2) is 8.08. The Hall–Kier alpha value is -1.14. The van der Waals surface area contributed by atoms with Crippen molar-refractivity contribution in [1.29, 1.82) is 0 Å². The SMILES string of the molecule is Cl.Cl.[Zr][C]1(C2C=Cc3ccccc32)C=CC(C2C=Cc3ccccc32)=CC1. The number of rotatable bonds is 2. The minimum absolute atomic E-state index is 0. The molecule has 2 aromatic rings. The molecule has 5 rings (SSSR count). The molecule has 0 saturated carbocycles. The Bertz CT molecular complexity index is 970. The van der Waals surface area contributed by atoms with Gasteiger partial charge in [0.2, 0.25) is 0 Å². The van der Waals surface area contributed by atoms with Crippen molar-refractivity contribution in [1.82, 2.24) is 0 Å². The van der Waals surface area contributed by atoms with Crippen LogP contribution in [-0.4, -0.2) is 0 Å². The zero-order valence-corrected chi connectivity index (χ0v) is 18.9. The van der Waals surface area contributed by atoms with Crippen LogP contribution in [0.4, 0.5) is 0 Å². The van der Waals surface area contributed by atoms with Gasteiger partial charge >= 0.3 is 165 Å². The zero-order chi connectivity index (χ0) is 16.9. The fraction of sp³-hybridized carbons (Fsp3) is 0.167.